The molecule has 0 atom stereocenters. The number of hydrogen-bond donors (Lipinski definition) is 1. The van der Waals surface area contributed by atoms with Gasteiger partial charge in [0, 0.05) is 17.3 Å². The smallest absolute Gasteiger partial charge is 0.270 e. The number of carbonyl (C=O) groups is 1. The quantitative estimate of drug-likeness (QED) is 0.805. The van der Waals surface area contributed by atoms with Crippen molar-refractivity contribution in [3.63, 3.8) is 0 Å². The van der Waals surface area contributed by atoms with Gasteiger partial charge in [-0.2, -0.15) is 0 Å². The van der Waals surface area contributed by atoms with Crippen LogP contribution in [-0.4, -0.2) is 20.2 Å². The van der Waals surface area contributed by atoms with E-state index in [1.165, 1.54) is 21.8 Å². The molecule has 130 valence electrons. The fourth-order valence-corrected chi connectivity index (χ4v) is 5.27. The summed E-state index contributed by atoms with van der Waals surface area (Å²) in [6.45, 7) is 0.150. The third kappa shape index (κ3) is 3.07. The molecule has 1 aromatic carbocycles. The highest BCUT2D eigenvalue weighted by Gasteiger charge is 2.41. The Hall–Kier alpha value is -1.83. The topological polar surface area (TPSA) is 66.5 Å². The van der Waals surface area contributed by atoms with Crippen molar-refractivity contribution in [2.24, 2.45) is 0 Å². The van der Waals surface area contributed by atoms with Gasteiger partial charge < -0.3 is 5.32 Å². The Balaban J connectivity index is 1.76. The molecular weight excluding hydrogens is 380 g/mol. The van der Waals surface area contributed by atoms with E-state index in [9.17, 15) is 13.2 Å². The molecule has 5 nitrogen and oxygen atoms in total. The van der Waals surface area contributed by atoms with Gasteiger partial charge in [0.15, 0.2) is 4.91 Å². The predicted molar refractivity (Wildman–Crippen MR) is 99.4 cm³/mol. The van der Waals surface area contributed by atoms with Crippen molar-refractivity contribution in [2.45, 2.75) is 25.4 Å². The number of benzene rings is 1. The number of nitrogens with one attached hydrogen (secondary N) is 1. The molecule has 0 unspecified atom stereocenters. The fourth-order valence-electron chi connectivity index (χ4n) is 2.66. The summed E-state index contributed by atoms with van der Waals surface area (Å²) in [5.74, 6) is -0.439. The average molecular weight is 395 g/mol. The van der Waals surface area contributed by atoms with Gasteiger partial charge in [-0.05, 0) is 42.0 Å². The zero-order chi connectivity index (χ0) is 17.6. The van der Waals surface area contributed by atoms with Crippen LogP contribution in [0.1, 0.15) is 28.1 Å². The predicted octanol–water partition coefficient (Wildman–Crippen LogP) is 3.53. The normalized spacial score (nSPS) is 20.6. The van der Waals surface area contributed by atoms with Crippen LogP contribution in [0.3, 0.4) is 0 Å². The number of fused-ring (bicyclic) bond motifs is 1. The summed E-state index contributed by atoms with van der Waals surface area (Å²) in [7, 11) is -3.92. The molecule has 8 heteroatoms. The van der Waals surface area contributed by atoms with Crippen LogP contribution in [-0.2, 0) is 16.6 Å². The zero-order valence-corrected chi connectivity index (χ0v) is 15.5. The summed E-state index contributed by atoms with van der Waals surface area (Å²) in [4.78, 5) is 12.9. The summed E-state index contributed by atoms with van der Waals surface area (Å²) in [5.41, 5.74) is 1.24. The van der Waals surface area contributed by atoms with E-state index in [1.54, 1.807) is 35.7 Å². The minimum absolute atomic E-state index is 0.150. The average Bonchev–Trinajstić information content (AvgIpc) is 3.27. The standard InChI is InChI=1S/C17H15ClN2O3S2/c18-12-3-1-11(2-4-12)10-20-14-7-8-24-17(14)16(21)15(25(20,22)23)9-19-13-5-6-13/h1-4,7-9,13,19H,5-6,10H2. The van der Waals surface area contributed by atoms with Crippen molar-refractivity contribution in [1.29, 1.82) is 0 Å². The highest BCUT2D eigenvalue weighted by atomic mass is 35.5. The molecule has 0 saturated heterocycles. The van der Waals surface area contributed by atoms with Crippen molar-refractivity contribution < 1.29 is 13.2 Å². The van der Waals surface area contributed by atoms with Crippen LogP contribution in [0.2, 0.25) is 5.02 Å². The molecule has 1 aliphatic heterocycles. The Bertz CT molecular complexity index is 960. The third-order valence-corrected chi connectivity index (χ3v) is 7.10. The third-order valence-electron chi connectivity index (χ3n) is 4.18. The zero-order valence-electron chi connectivity index (χ0n) is 13.1. The Morgan fingerprint density at radius 3 is 2.64 bits per heavy atom. The molecule has 2 aliphatic rings. The molecule has 0 spiro atoms. The number of Topliss-reactive ketones (excluding diaryl/α,β-unsaturated/α-hetero) is 1. The molecule has 0 amide bonds. The summed E-state index contributed by atoms with van der Waals surface area (Å²) < 4.78 is 27.4. The van der Waals surface area contributed by atoms with Crippen LogP contribution >= 0.6 is 22.9 Å². The van der Waals surface area contributed by atoms with Gasteiger partial charge >= 0.3 is 0 Å². The molecule has 25 heavy (non-hydrogen) atoms. The first kappa shape index (κ1) is 16.6. The summed E-state index contributed by atoms with van der Waals surface area (Å²) in [6.07, 6.45) is 3.36. The van der Waals surface area contributed by atoms with Crippen molar-refractivity contribution in [3.8, 4) is 0 Å². The summed E-state index contributed by atoms with van der Waals surface area (Å²) in [6, 6.07) is 8.95. The molecule has 2 heterocycles. The van der Waals surface area contributed by atoms with Gasteiger partial charge in [-0.3, -0.25) is 9.10 Å². The summed E-state index contributed by atoms with van der Waals surface area (Å²) >= 11 is 7.16. The minimum Gasteiger partial charge on any atom is -0.387 e. The van der Waals surface area contributed by atoms with E-state index >= 15 is 0 Å². The minimum atomic E-state index is -3.92. The Labute approximate surface area is 155 Å². The Morgan fingerprint density at radius 2 is 1.96 bits per heavy atom. The van der Waals surface area contributed by atoms with Crippen LogP contribution in [0.5, 0.6) is 0 Å². The van der Waals surface area contributed by atoms with Crippen LogP contribution in [0, 0.1) is 0 Å². The Morgan fingerprint density at radius 1 is 1.24 bits per heavy atom. The number of hydrogen-bond acceptors (Lipinski definition) is 5. The van der Waals surface area contributed by atoms with Gasteiger partial charge in [0.1, 0.15) is 4.88 Å². The molecule has 1 fully saturated rings. The Kier molecular flexibility index (Phi) is 4.10. The van der Waals surface area contributed by atoms with Crippen molar-refractivity contribution in [1.82, 2.24) is 5.32 Å². The van der Waals surface area contributed by atoms with E-state index in [0.717, 1.165) is 18.4 Å². The summed E-state index contributed by atoms with van der Waals surface area (Å²) in [5, 5.41) is 5.35. The molecule has 1 saturated carbocycles. The maximum Gasteiger partial charge on any atom is 0.270 e. The number of rotatable bonds is 4. The number of thiophene rings is 1. The van der Waals surface area contributed by atoms with Gasteiger partial charge in [-0.25, -0.2) is 8.42 Å². The molecule has 0 radical (unpaired) electrons. The van der Waals surface area contributed by atoms with Crippen LogP contribution in [0.4, 0.5) is 5.69 Å². The fraction of sp³-hybridized carbons (Fsp3) is 0.235. The van der Waals surface area contributed by atoms with E-state index in [2.05, 4.69) is 5.32 Å². The van der Waals surface area contributed by atoms with E-state index in [1.807, 2.05) is 0 Å². The molecule has 0 bridgehead atoms. The maximum atomic E-state index is 13.1. The lowest BCUT2D eigenvalue weighted by Gasteiger charge is -2.29. The van der Waals surface area contributed by atoms with Crippen molar-refractivity contribution >= 4 is 44.4 Å². The molecule has 1 N–H and O–H groups in total. The second-order valence-corrected chi connectivity index (χ2v) is 9.24. The lowest BCUT2D eigenvalue weighted by molar-refractivity contribution is 0.104. The second kappa shape index (κ2) is 6.16. The van der Waals surface area contributed by atoms with Gasteiger partial charge in [0.25, 0.3) is 10.0 Å². The lowest BCUT2D eigenvalue weighted by atomic mass is 10.2. The first-order chi connectivity index (χ1) is 12.0. The molecule has 4 rings (SSSR count). The number of anilines is 1. The lowest BCUT2D eigenvalue weighted by Crippen LogP contribution is -2.38. The highest BCUT2D eigenvalue weighted by Crippen LogP contribution is 2.39. The molecule has 1 aliphatic carbocycles. The largest absolute Gasteiger partial charge is 0.387 e. The van der Waals surface area contributed by atoms with Gasteiger partial charge in [-0.1, -0.05) is 23.7 Å². The van der Waals surface area contributed by atoms with E-state index < -0.39 is 15.8 Å². The van der Waals surface area contributed by atoms with Crippen molar-refractivity contribution in [3.05, 3.63) is 62.3 Å². The van der Waals surface area contributed by atoms with E-state index in [4.69, 9.17) is 11.6 Å². The van der Waals surface area contributed by atoms with E-state index in [-0.39, 0.29) is 17.5 Å². The number of ketones is 1. The van der Waals surface area contributed by atoms with Crippen molar-refractivity contribution in [2.75, 3.05) is 4.31 Å². The van der Waals surface area contributed by atoms with E-state index in [0.29, 0.717) is 15.6 Å². The molecular formula is C17H15ClN2O3S2. The first-order valence-corrected chi connectivity index (χ1v) is 10.5. The van der Waals surface area contributed by atoms with Crippen LogP contribution in [0.25, 0.3) is 0 Å². The first-order valence-electron chi connectivity index (χ1n) is 7.82. The number of halogens is 1. The SMILES string of the molecule is O=C1C(=CNC2CC2)S(=O)(=O)N(Cc2ccc(Cl)cc2)c2ccsc21. The van der Waals surface area contributed by atoms with Gasteiger partial charge in [0.2, 0.25) is 5.78 Å². The second-order valence-electron chi connectivity index (χ2n) is 6.05. The number of sulfonamides is 1. The van der Waals surface area contributed by atoms with Gasteiger partial charge in [0.05, 0.1) is 12.2 Å². The number of carbonyl (C=O) groups excluding carboxylic acids is 1. The van der Waals surface area contributed by atoms with Crippen LogP contribution < -0.4 is 9.62 Å². The molecule has 1 aromatic heterocycles. The highest BCUT2D eigenvalue weighted by molar-refractivity contribution is 7.97. The van der Waals surface area contributed by atoms with Crippen LogP contribution in [0.15, 0.2) is 46.8 Å². The number of allylic oxidation sites excluding steroid dienone is 1. The monoisotopic (exact) mass is 394 g/mol. The number of nitrogens with zero attached hydrogens (tertiary/aromatic N) is 1. The molecule has 2 aromatic rings. The maximum absolute atomic E-state index is 13.1. The van der Waals surface area contributed by atoms with Gasteiger partial charge in [-0.15, -0.1) is 11.3 Å².